The van der Waals surface area contributed by atoms with Gasteiger partial charge >= 0.3 is 6.09 Å². The van der Waals surface area contributed by atoms with Gasteiger partial charge in [-0.1, -0.05) is 60.7 Å². The minimum Gasteiger partial charge on any atom is -0.436 e. The van der Waals surface area contributed by atoms with Crippen molar-refractivity contribution in [3.8, 4) is 11.3 Å². The molecule has 0 radical (unpaired) electrons. The number of carbonyl (C=O) groups excluding carboxylic acids is 2. The average molecular weight is 373 g/mol. The van der Waals surface area contributed by atoms with Crippen molar-refractivity contribution in [1.82, 2.24) is 10.3 Å². The molecular weight excluding hydrogens is 354 g/mol. The average Bonchev–Trinajstić information content (AvgIpc) is 2.74. The standard InChI is InChI=1S/C22H19N3O3/c26-21-20(28-22(27)23-14-15-7-3-1-4-8-15)13-19-18(25-21)12-11-17(24-19)16-9-5-2-6-10-16/h1-12,20H,13-14H2,(H,23,27)(H,25,26). The molecule has 6 heteroatoms. The summed E-state index contributed by atoms with van der Waals surface area (Å²) in [4.78, 5) is 29.0. The minimum atomic E-state index is -0.915. The number of hydrogen-bond acceptors (Lipinski definition) is 4. The first kappa shape index (κ1) is 17.7. The number of anilines is 1. The summed E-state index contributed by atoms with van der Waals surface area (Å²) in [5, 5.41) is 5.43. The van der Waals surface area contributed by atoms with Gasteiger partial charge in [0, 0.05) is 18.5 Å². The molecule has 0 bridgehead atoms. The molecule has 1 aliphatic rings. The van der Waals surface area contributed by atoms with Gasteiger partial charge in [-0.15, -0.1) is 0 Å². The zero-order valence-corrected chi connectivity index (χ0v) is 15.1. The maximum Gasteiger partial charge on any atom is 0.408 e. The first-order valence-corrected chi connectivity index (χ1v) is 9.03. The van der Waals surface area contributed by atoms with Gasteiger partial charge in [-0.2, -0.15) is 0 Å². The molecule has 1 unspecified atom stereocenters. The van der Waals surface area contributed by atoms with Gasteiger partial charge in [-0.25, -0.2) is 4.79 Å². The summed E-state index contributed by atoms with van der Waals surface area (Å²) in [6.45, 7) is 0.334. The summed E-state index contributed by atoms with van der Waals surface area (Å²) >= 11 is 0. The summed E-state index contributed by atoms with van der Waals surface area (Å²) in [5.74, 6) is -0.350. The lowest BCUT2D eigenvalue weighted by atomic mass is 10.0. The van der Waals surface area contributed by atoms with Gasteiger partial charge < -0.3 is 15.4 Å². The van der Waals surface area contributed by atoms with E-state index in [0.717, 1.165) is 16.8 Å². The second kappa shape index (κ2) is 7.92. The van der Waals surface area contributed by atoms with Crippen LogP contribution in [0, 0.1) is 0 Å². The number of pyridine rings is 1. The summed E-state index contributed by atoms with van der Waals surface area (Å²) in [6.07, 6.45) is -1.31. The van der Waals surface area contributed by atoms with E-state index in [9.17, 15) is 9.59 Å². The third-order valence-corrected chi connectivity index (χ3v) is 4.50. The quantitative estimate of drug-likeness (QED) is 0.733. The van der Waals surface area contributed by atoms with E-state index in [2.05, 4.69) is 15.6 Å². The highest BCUT2D eigenvalue weighted by molar-refractivity contribution is 5.98. The van der Waals surface area contributed by atoms with Crippen molar-refractivity contribution >= 4 is 17.7 Å². The second-order valence-corrected chi connectivity index (χ2v) is 6.48. The molecule has 0 aliphatic carbocycles. The maximum atomic E-state index is 12.3. The SMILES string of the molecule is O=C(NCc1ccccc1)OC1Cc2nc(-c3ccccc3)ccc2NC1=O. The van der Waals surface area contributed by atoms with Crippen molar-refractivity contribution < 1.29 is 14.3 Å². The predicted octanol–water partition coefficient (Wildman–Crippen LogP) is 3.54. The Morgan fingerprint density at radius 2 is 1.75 bits per heavy atom. The number of nitrogens with one attached hydrogen (secondary N) is 2. The van der Waals surface area contributed by atoms with Crippen molar-refractivity contribution in [2.45, 2.75) is 19.1 Å². The first-order chi connectivity index (χ1) is 13.7. The number of alkyl carbamates (subject to hydrolysis) is 1. The van der Waals surface area contributed by atoms with Crippen LogP contribution >= 0.6 is 0 Å². The highest BCUT2D eigenvalue weighted by atomic mass is 16.6. The van der Waals surface area contributed by atoms with Crippen LogP contribution in [0.1, 0.15) is 11.3 Å². The maximum absolute atomic E-state index is 12.3. The Labute approximate surface area is 162 Å². The molecule has 1 aromatic heterocycles. The molecule has 28 heavy (non-hydrogen) atoms. The van der Waals surface area contributed by atoms with E-state index in [-0.39, 0.29) is 12.3 Å². The lowest BCUT2D eigenvalue weighted by Crippen LogP contribution is -2.41. The number of benzene rings is 2. The number of carbonyl (C=O) groups is 2. The van der Waals surface area contributed by atoms with E-state index in [1.54, 1.807) is 0 Å². The molecule has 3 aromatic rings. The Kier molecular flexibility index (Phi) is 5.01. The van der Waals surface area contributed by atoms with Crippen LogP contribution in [0.3, 0.4) is 0 Å². The van der Waals surface area contributed by atoms with Gasteiger partial charge in [0.2, 0.25) is 0 Å². The van der Waals surface area contributed by atoms with Crippen molar-refractivity contribution in [2.75, 3.05) is 5.32 Å². The summed E-state index contributed by atoms with van der Waals surface area (Å²) in [7, 11) is 0. The van der Waals surface area contributed by atoms with Crippen LogP contribution in [0.2, 0.25) is 0 Å². The topological polar surface area (TPSA) is 80.3 Å². The van der Waals surface area contributed by atoms with Gasteiger partial charge in [0.25, 0.3) is 5.91 Å². The van der Waals surface area contributed by atoms with Crippen molar-refractivity contribution in [3.05, 3.63) is 84.1 Å². The molecule has 0 spiro atoms. The Bertz CT molecular complexity index is 990. The van der Waals surface area contributed by atoms with Gasteiger partial charge in [-0.05, 0) is 17.7 Å². The number of fused-ring (bicyclic) bond motifs is 1. The number of aromatic nitrogens is 1. The number of rotatable bonds is 4. The molecule has 2 amide bonds. The highest BCUT2D eigenvalue weighted by Gasteiger charge is 2.30. The number of ether oxygens (including phenoxy) is 1. The molecular formula is C22H19N3O3. The van der Waals surface area contributed by atoms with E-state index in [1.165, 1.54) is 0 Å². The van der Waals surface area contributed by atoms with Crippen LogP contribution in [0.25, 0.3) is 11.3 Å². The minimum absolute atomic E-state index is 0.237. The summed E-state index contributed by atoms with van der Waals surface area (Å²) in [6, 6.07) is 23.0. The Morgan fingerprint density at radius 3 is 2.50 bits per heavy atom. The van der Waals surface area contributed by atoms with Crippen molar-refractivity contribution in [1.29, 1.82) is 0 Å². The molecule has 1 atom stereocenters. The van der Waals surface area contributed by atoms with Crippen LogP contribution in [0.4, 0.5) is 10.5 Å². The second-order valence-electron chi connectivity index (χ2n) is 6.48. The Balaban J connectivity index is 1.43. The van der Waals surface area contributed by atoms with Crippen LogP contribution < -0.4 is 10.6 Å². The smallest absolute Gasteiger partial charge is 0.408 e. The van der Waals surface area contributed by atoms with E-state index in [4.69, 9.17) is 4.74 Å². The number of nitrogens with zero attached hydrogens (tertiary/aromatic N) is 1. The fraction of sp³-hybridized carbons (Fsp3) is 0.136. The van der Waals surface area contributed by atoms with Crippen LogP contribution in [0.5, 0.6) is 0 Å². The Morgan fingerprint density at radius 1 is 1.04 bits per heavy atom. The van der Waals surface area contributed by atoms with Gasteiger partial charge in [-0.3, -0.25) is 9.78 Å². The summed E-state index contributed by atoms with van der Waals surface area (Å²) in [5.41, 5.74) is 4.09. The molecule has 2 N–H and O–H groups in total. The van der Waals surface area contributed by atoms with Gasteiger partial charge in [0.15, 0.2) is 6.10 Å². The molecule has 0 fully saturated rings. The van der Waals surface area contributed by atoms with Gasteiger partial charge in [0.05, 0.1) is 17.1 Å². The monoisotopic (exact) mass is 373 g/mol. The largest absolute Gasteiger partial charge is 0.436 e. The molecule has 0 saturated carbocycles. The third kappa shape index (κ3) is 4.01. The van der Waals surface area contributed by atoms with E-state index in [0.29, 0.717) is 17.9 Å². The van der Waals surface area contributed by atoms with Gasteiger partial charge in [0.1, 0.15) is 0 Å². The van der Waals surface area contributed by atoms with E-state index < -0.39 is 12.2 Å². The Hall–Kier alpha value is -3.67. The van der Waals surface area contributed by atoms with Crippen molar-refractivity contribution in [3.63, 3.8) is 0 Å². The number of amides is 2. The van der Waals surface area contributed by atoms with Crippen molar-refractivity contribution in [2.24, 2.45) is 0 Å². The molecule has 2 heterocycles. The zero-order chi connectivity index (χ0) is 19.3. The molecule has 2 aromatic carbocycles. The van der Waals surface area contributed by atoms with Crippen LogP contribution in [-0.2, 0) is 22.5 Å². The van der Waals surface area contributed by atoms with Crippen LogP contribution in [0.15, 0.2) is 72.8 Å². The highest BCUT2D eigenvalue weighted by Crippen LogP contribution is 2.26. The zero-order valence-electron chi connectivity index (χ0n) is 15.1. The third-order valence-electron chi connectivity index (χ3n) is 4.50. The number of hydrogen-bond donors (Lipinski definition) is 2. The fourth-order valence-corrected chi connectivity index (χ4v) is 3.06. The molecule has 140 valence electrons. The van der Waals surface area contributed by atoms with Crippen LogP contribution in [-0.4, -0.2) is 23.1 Å². The predicted molar refractivity (Wildman–Crippen MR) is 106 cm³/mol. The lowest BCUT2D eigenvalue weighted by Gasteiger charge is -2.24. The molecule has 0 saturated heterocycles. The summed E-state index contributed by atoms with van der Waals surface area (Å²) < 4.78 is 5.33. The lowest BCUT2D eigenvalue weighted by molar-refractivity contribution is -0.124. The normalized spacial score (nSPS) is 15.3. The molecule has 1 aliphatic heterocycles. The first-order valence-electron chi connectivity index (χ1n) is 9.03. The van der Waals surface area contributed by atoms with E-state index >= 15 is 0 Å². The fourth-order valence-electron chi connectivity index (χ4n) is 3.06. The van der Waals surface area contributed by atoms with E-state index in [1.807, 2.05) is 72.8 Å². The molecule has 6 nitrogen and oxygen atoms in total. The molecule has 4 rings (SSSR count).